The van der Waals surface area contributed by atoms with Gasteiger partial charge in [0.1, 0.15) is 0 Å². The van der Waals surface area contributed by atoms with E-state index >= 15 is 0 Å². The summed E-state index contributed by atoms with van der Waals surface area (Å²) < 4.78 is 0. The minimum atomic E-state index is -0.230. The monoisotopic (exact) mass is 336 g/mol. The molecule has 1 aliphatic carbocycles. The second-order valence-electron chi connectivity index (χ2n) is 6.32. The molecule has 0 aromatic heterocycles. The summed E-state index contributed by atoms with van der Waals surface area (Å²) in [6, 6.07) is 7.07. The highest BCUT2D eigenvalue weighted by molar-refractivity contribution is 6.33. The van der Waals surface area contributed by atoms with Gasteiger partial charge in [-0.25, -0.2) is 0 Å². The van der Waals surface area contributed by atoms with Crippen LogP contribution in [0, 0.1) is 5.92 Å². The molecule has 1 aromatic carbocycles. The molecule has 0 aliphatic heterocycles. The Morgan fingerprint density at radius 2 is 1.91 bits per heavy atom. The SMILES string of the molecule is CN(CC(=O)Nc1ccccc1Cl)C(=O)CCC1CCCCC1. The van der Waals surface area contributed by atoms with Gasteiger partial charge in [-0.2, -0.15) is 0 Å². The van der Waals surface area contributed by atoms with Crippen LogP contribution in [0.25, 0.3) is 0 Å². The molecule has 0 heterocycles. The number of halogens is 1. The van der Waals surface area contributed by atoms with Crippen LogP contribution >= 0.6 is 11.6 Å². The number of rotatable bonds is 6. The number of anilines is 1. The zero-order chi connectivity index (χ0) is 16.7. The van der Waals surface area contributed by atoms with Gasteiger partial charge < -0.3 is 10.2 Å². The summed E-state index contributed by atoms with van der Waals surface area (Å²) in [4.78, 5) is 25.7. The third-order valence-corrected chi connectivity index (χ3v) is 4.78. The van der Waals surface area contributed by atoms with E-state index in [4.69, 9.17) is 11.6 Å². The number of nitrogens with zero attached hydrogens (tertiary/aromatic N) is 1. The maximum absolute atomic E-state index is 12.2. The van der Waals surface area contributed by atoms with Gasteiger partial charge in [0.2, 0.25) is 11.8 Å². The van der Waals surface area contributed by atoms with Crippen molar-refractivity contribution >= 4 is 29.1 Å². The quantitative estimate of drug-likeness (QED) is 0.850. The molecule has 126 valence electrons. The lowest BCUT2D eigenvalue weighted by atomic mass is 9.86. The molecule has 0 bridgehead atoms. The van der Waals surface area contributed by atoms with E-state index in [0.29, 0.717) is 23.0 Å². The van der Waals surface area contributed by atoms with Gasteiger partial charge in [0.25, 0.3) is 0 Å². The van der Waals surface area contributed by atoms with Crippen LogP contribution in [0.4, 0.5) is 5.69 Å². The van der Waals surface area contributed by atoms with E-state index in [2.05, 4.69) is 5.32 Å². The van der Waals surface area contributed by atoms with E-state index in [0.717, 1.165) is 6.42 Å². The zero-order valence-electron chi connectivity index (χ0n) is 13.7. The fourth-order valence-corrected chi connectivity index (χ4v) is 3.23. The molecule has 1 aliphatic rings. The number of nitrogens with one attached hydrogen (secondary N) is 1. The Morgan fingerprint density at radius 3 is 2.61 bits per heavy atom. The summed E-state index contributed by atoms with van der Waals surface area (Å²) in [5, 5.41) is 3.23. The molecule has 1 saturated carbocycles. The second kappa shape index (κ2) is 8.92. The lowest BCUT2D eigenvalue weighted by Crippen LogP contribution is -2.35. The molecule has 2 amide bonds. The summed E-state index contributed by atoms with van der Waals surface area (Å²) in [5.74, 6) is 0.481. The van der Waals surface area contributed by atoms with Crippen LogP contribution < -0.4 is 5.32 Å². The molecular weight excluding hydrogens is 312 g/mol. The third-order valence-electron chi connectivity index (χ3n) is 4.45. The molecule has 5 heteroatoms. The van der Waals surface area contributed by atoms with Crippen molar-refractivity contribution < 1.29 is 9.59 Å². The minimum Gasteiger partial charge on any atom is -0.336 e. The smallest absolute Gasteiger partial charge is 0.244 e. The van der Waals surface area contributed by atoms with Crippen molar-refractivity contribution in [1.82, 2.24) is 4.90 Å². The van der Waals surface area contributed by atoms with Crippen LogP contribution in [0.5, 0.6) is 0 Å². The molecule has 4 nitrogen and oxygen atoms in total. The van der Waals surface area contributed by atoms with Gasteiger partial charge in [0.15, 0.2) is 0 Å². The number of benzene rings is 1. The van der Waals surface area contributed by atoms with Gasteiger partial charge in [-0.3, -0.25) is 9.59 Å². The molecule has 0 unspecified atom stereocenters. The fraction of sp³-hybridized carbons (Fsp3) is 0.556. The summed E-state index contributed by atoms with van der Waals surface area (Å²) in [6.45, 7) is 0.0503. The number of hydrogen-bond donors (Lipinski definition) is 1. The number of amides is 2. The Kier molecular flexibility index (Phi) is 6.90. The van der Waals surface area contributed by atoms with E-state index in [1.54, 1.807) is 31.3 Å². The Hall–Kier alpha value is -1.55. The molecule has 23 heavy (non-hydrogen) atoms. The summed E-state index contributed by atoms with van der Waals surface area (Å²) >= 11 is 6.01. The van der Waals surface area contributed by atoms with Crippen LogP contribution in [0.3, 0.4) is 0 Å². The van der Waals surface area contributed by atoms with Gasteiger partial charge in [-0.15, -0.1) is 0 Å². The average Bonchev–Trinajstić information content (AvgIpc) is 2.55. The second-order valence-corrected chi connectivity index (χ2v) is 6.73. The molecule has 2 rings (SSSR count). The highest BCUT2D eigenvalue weighted by atomic mass is 35.5. The molecule has 0 spiro atoms. The van der Waals surface area contributed by atoms with Crippen molar-refractivity contribution in [2.75, 3.05) is 18.9 Å². The number of carbonyl (C=O) groups excluding carboxylic acids is 2. The first-order valence-corrected chi connectivity index (χ1v) is 8.72. The summed E-state index contributed by atoms with van der Waals surface area (Å²) in [7, 11) is 1.68. The van der Waals surface area contributed by atoms with Crippen molar-refractivity contribution in [1.29, 1.82) is 0 Å². The van der Waals surface area contributed by atoms with Gasteiger partial charge in [0, 0.05) is 13.5 Å². The highest BCUT2D eigenvalue weighted by Gasteiger charge is 2.18. The first-order chi connectivity index (χ1) is 11.1. The molecule has 0 atom stereocenters. The van der Waals surface area contributed by atoms with Crippen LogP contribution in [-0.2, 0) is 9.59 Å². The van der Waals surface area contributed by atoms with Crippen molar-refractivity contribution in [2.24, 2.45) is 5.92 Å². The Morgan fingerprint density at radius 1 is 1.22 bits per heavy atom. The number of carbonyl (C=O) groups is 2. The maximum atomic E-state index is 12.2. The standard InChI is InChI=1S/C18H25ClN2O2/c1-21(18(23)12-11-14-7-3-2-4-8-14)13-17(22)20-16-10-6-5-9-15(16)19/h5-6,9-10,14H,2-4,7-8,11-13H2,1H3,(H,20,22). The van der Waals surface area contributed by atoms with E-state index < -0.39 is 0 Å². The van der Waals surface area contributed by atoms with Crippen LogP contribution in [0.15, 0.2) is 24.3 Å². The number of hydrogen-bond acceptors (Lipinski definition) is 2. The first-order valence-electron chi connectivity index (χ1n) is 8.34. The Balaban J connectivity index is 1.74. The van der Waals surface area contributed by atoms with E-state index in [9.17, 15) is 9.59 Å². The third kappa shape index (κ3) is 5.87. The topological polar surface area (TPSA) is 49.4 Å². The van der Waals surface area contributed by atoms with Crippen LogP contribution in [0.2, 0.25) is 5.02 Å². The Labute approximate surface area is 143 Å². The molecule has 0 radical (unpaired) electrons. The zero-order valence-corrected chi connectivity index (χ0v) is 14.4. The molecule has 0 saturated heterocycles. The van der Waals surface area contributed by atoms with Gasteiger partial charge in [-0.1, -0.05) is 55.8 Å². The van der Waals surface area contributed by atoms with Crippen molar-refractivity contribution in [3.8, 4) is 0 Å². The normalized spacial score (nSPS) is 15.2. The van der Waals surface area contributed by atoms with Crippen molar-refractivity contribution in [3.05, 3.63) is 29.3 Å². The molecule has 1 fully saturated rings. The number of likely N-dealkylation sites (N-methyl/N-ethyl adjacent to an activating group) is 1. The predicted octanol–water partition coefficient (Wildman–Crippen LogP) is 4.10. The molecule has 1 N–H and O–H groups in total. The van der Waals surface area contributed by atoms with Crippen LogP contribution in [0.1, 0.15) is 44.9 Å². The lowest BCUT2D eigenvalue weighted by Gasteiger charge is -2.22. The minimum absolute atomic E-state index is 0.0323. The largest absolute Gasteiger partial charge is 0.336 e. The lowest BCUT2D eigenvalue weighted by molar-refractivity contribution is -0.133. The number of para-hydroxylation sites is 1. The highest BCUT2D eigenvalue weighted by Crippen LogP contribution is 2.27. The van der Waals surface area contributed by atoms with Gasteiger partial charge in [0.05, 0.1) is 17.3 Å². The van der Waals surface area contributed by atoms with E-state index in [1.807, 2.05) is 0 Å². The van der Waals surface area contributed by atoms with E-state index in [1.165, 1.54) is 37.0 Å². The van der Waals surface area contributed by atoms with Gasteiger partial charge in [-0.05, 0) is 24.5 Å². The predicted molar refractivity (Wildman–Crippen MR) is 93.5 cm³/mol. The van der Waals surface area contributed by atoms with Crippen molar-refractivity contribution in [2.45, 2.75) is 44.9 Å². The maximum Gasteiger partial charge on any atom is 0.244 e. The van der Waals surface area contributed by atoms with E-state index in [-0.39, 0.29) is 18.4 Å². The summed E-state index contributed by atoms with van der Waals surface area (Å²) in [5.41, 5.74) is 0.572. The van der Waals surface area contributed by atoms with Crippen molar-refractivity contribution in [3.63, 3.8) is 0 Å². The Bertz CT molecular complexity index is 542. The van der Waals surface area contributed by atoms with Gasteiger partial charge >= 0.3 is 0 Å². The molecule has 1 aromatic rings. The summed E-state index contributed by atoms with van der Waals surface area (Å²) in [6.07, 6.45) is 7.85. The average molecular weight is 337 g/mol. The molecular formula is C18H25ClN2O2. The fourth-order valence-electron chi connectivity index (χ4n) is 3.05. The van der Waals surface area contributed by atoms with Crippen LogP contribution in [-0.4, -0.2) is 30.3 Å². The first kappa shape index (κ1) is 17.8.